The molecule has 2 aliphatic rings. The Kier molecular flexibility index (Phi) is 3.68. The Morgan fingerprint density at radius 1 is 1.24 bits per heavy atom. The molecule has 0 fully saturated rings. The molecule has 0 spiro atoms. The van der Waals surface area contributed by atoms with Crippen molar-refractivity contribution < 1.29 is 4.79 Å². The van der Waals surface area contributed by atoms with E-state index < -0.39 is 0 Å². The van der Waals surface area contributed by atoms with Gasteiger partial charge in [0.15, 0.2) is 5.78 Å². The molecule has 0 unspecified atom stereocenters. The number of hydrogen-bond acceptors (Lipinski definition) is 3. The Bertz CT molecular complexity index is 640. The van der Waals surface area contributed by atoms with E-state index in [9.17, 15) is 4.79 Å². The molecule has 21 heavy (non-hydrogen) atoms. The van der Waals surface area contributed by atoms with Crippen molar-refractivity contribution in [2.45, 2.75) is 19.3 Å². The lowest BCUT2D eigenvalue weighted by Crippen LogP contribution is -2.24. The minimum atomic E-state index is 0.299. The molecule has 0 aromatic heterocycles. The van der Waals surface area contributed by atoms with Crippen LogP contribution in [0.25, 0.3) is 6.08 Å². The number of benzene rings is 1. The highest BCUT2D eigenvalue weighted by molar-refractivity contribution is 6.00. The lowest BCUT2D eigenvalue weighted by Gasteiger charge is -2.29. The number of nitrogens with zero attached hydrogens (tertiary/aromatic N) is 2. The van der Waals surface area contributed by atoms with Gasteiger partial charge in [-0.3, -0.25) is 4.79 Å². The number of rotatable bonds is 4. The average Bonchev–Trinajstić information content (AvgIpc) is 2.89. The van der Waals surface area contributed by atoms with E-state index >= 15 is 0 Å². The van der Waals surface area contributed by atoms with E-state index in [0.717, 1.165) is 30.7 Å². The number of carbonyl (C=O) groups is 1. The molecule has 0 saturated carbocycles. The SMILES string of the molecule is CN(C)CCC(=O)C1=C2C(=Cc3ccccc3N2C)CC1. The van der Waals surface area contributed by atoms with E-state index in [4.69, 9.17) is 0 Å². The second kappa shape index (κ2) is 5.49. The van der Waals surface area contributed by atoms with Gasteiger partial charge in [0.25, 0.3) is 0 Å². The Morgan fingerprint density at radius 3 is 2.76 bits per heavy atom. The van der Waals surface area contributed by atoms with Crippen molar-refractivity contribution in [1.29, 1.82) is 0 Å². The third-order valence-electron chi connectivity index (χ3n) is 4.32. The van der Waals surface area contributed by atoms with Crippen LogP contribution >= 0.6 is 0 Å². The lowest BCUT2D eigenvalue weighted by atomic mass is 9.99. The first-order chi connectivity index (χ1) is 10.1. The van der Waals surface area contributed by atoms with E-state index in [1.807, 2.05) is 14.1 Å². The molecule has 1 aliphatic heterocycles. The fourth-order valence-electron chi connectivity index (χ4n) is 3.22. The van der Waals surface area contributed by atoms with Crippen molar-refractivity contribution in [3.05, 3.63) is 46.7 Å². The summed E-state index contributed by atoms with van der Waals surface area (Å²) in [5.74, 6) is 0.299. The van der Waals surface area contributed by atoms with E-state index in [1.54, 1.807) is 0 Å². The Labute approximate surface area is 126 Å². The van der Waals surface area contributed by atoms with Gasteiger partial charge >= 0.3 is 0 Å². The van der Waals surface area contributed by atoms with Gasteiger partial charge in [-0.15, -0.1) is 0 Å². The predicted molar refractivity (Wildman–Crippen MR) is 87.3 cm³/mol. The van der Waals surface area contributed by atoms with Crippen molar-refractivity contribution in [3.63, 3.8) is 0 Å². The zero-order chi connectivity index (χ0) is 15.0. The molecule has 0 atom stereocenters. The number of fused-ring (bicyclic) bond motifs is 2. The Morgan fingerprint density at radius 2 is 2.00 bits per heavy atom. The van der Waals surface area contributed by atoms with Gasteiger partial charge in [0, 0.05) is 31.3 Å². The number of ketones is 1. The van der Waals surface area contributed by atoms with Crippen molar-refractivity contribution in [2.24, 2.45) is 0 Å². The second-order valence-corrected chi connectivity index (χ2v) is 6.09. The molecular weight excluding hydrogens is 260 g/mol. The molecule has 1 aromatic rings. The molecule has 0 N–H and O–H groups in total. The quantitative estimate of drug-likeness (QED) is 0.848. The molecule has 1 aliphatic carbocycles. The summed E-state index contributed by atoms with van der Waals surface area (Å²) < 4.78 is 0. The largest absolute Gasteiger partial charge is 0.344 e. The molecule has 3 heteroatoms. The zero-order valence-electron chi connectivity index (χ0n) is 13.0. The summed E-state index contributed by atoms with van der Waals surface area (Å²) in [6, 6.07) is 8.38. The fourth-order valence-corrected chi connectivity index (χ4v) is 3.22. The minimum absolute atomic E-state index is 0.299. The van der Waals surface area contributed by atoms with Gasteiger partial charge in [-0.05, 0) is 50.2 Å². The van der Waals surface area contributed by atoms with Crippen LogP contribution in [0.4, 0.5) is 5.69 Å². The maximum atomic E-state index is 12.5. The summed E-state index contributed by atoms with van der Waals surface area (Å²) >= 11 is 0. The summed E-state index contributed by atoms with van der Waals surface area (Å²) in [5, 5.41) is 0. The van der Waals surface area contributed by atoms with Gasteiger partial charge in [0.1, 0.15) is 0 Å². The van der Waals surface area contributed by atoms with Gasteiger partial charge < -0.3 is 9.80 Å². The molecule has 1 aromatic carbocycles. The van der Waals surface area contributed by atoms with Crippen molar-refractivity contribution in [3.8, 4) is 0 Å². The highest BCUT2D eigenvalue weighted by Crippen LogP contribution is 2.42. The van der Waals surface area contributed by atoms with Gasteiger partial charge in [-0.25, -0.2) is 0 Å². The molecular formula is C18H22N2O. The molecule has 1 heterocycles. The van der Waals surface area contributed by atoms with Crippen LogP contribution in [0.15, 0.2) is 41.1 Å². The maximum absolute atomic E-state index is 12.5. The summed E-state index contributed by atoms with van der Waals surface area (Å²) in [7, 11) is 6.09. The van der Waals surface area contributed by atoms with Crippen LogP contribution in [0.5, 0.6) is 0 Å². The molecule has 110 valence electrons. The Hall–Kier alpha value is -1.87. The minimum Gasteiger partial charge on any atom is -0.344 e. The van der Waals surface area contributed by atoms with E-state index in [2.05, 4.69) is 47.2 Å². The highest BCUT2D eigenvalue weighted by Gasteiger charge is 2.30. The van der Waals surface area contributed by atoms with E-state index in [-0.39, 0.29) is 0 Å². The first kappa shape index (κ1) is 14.1. The number of para-hydroxylation sites is 1. The van der Waals surface area contributed by atoms with Crippen LogP contribution in [-0.4, -0.2) is 38.4 Å². The van der Waals surface area contributed by atoms with E-state index in [0.29, 0.717) is 12.2 Å². The monoisotopic (exact) mass is 282 g/mol. The molecule has 0 saturated heterocycles. The van der Waals surface area contributed by atoms with Gasteiger partial charge in [-0.2, -0.15) is 0 Å². The summed E-state index contributed by atoms with van der Waals surface area (Å²) in [5.41, 5.74) is 5.92. The number of anilines is 1. The smallest absolute Gasteiger partial charge is 0.162 e. The average molecular weight is 282 g/mol. The predicted octanol–water partition coefficient (Wildman–Crippen LogP) is 3.09. The normalized spacial score (nSPS) is 17.0. The van der Waals surface area contributed by atoms with Crippen LogP contribution in [0.2, 0.25) is 0 Å². The van der Waals surface area contributed by atoms with Gasteiger partial charge in [0.05, 0.1) is 5.70 Å². The van der Waals surface area contributed by atoms with Gasteiger partial charge in [0.2, 0.25) is 0 Å². The van der Waals surface area contributed by atoms with Crippen molar-refractivity contribution in [1.82, 2.24) is 4.90 Å². The third-order valence-corrected chi connectivity index (χ3v) is 4.32. The topological polar surface area (TPSA) is 23.6 Å². The second-order valence-electron chi connectivity index (χ2n) is 6.09. The number of hydrogen-bond donors (Lipinski definition) is 0. The molecule has 0 amide bonds. The highest BCUT2D eigenvalue weighted by atomic mass is 16.1. The van der Waals surface area contributed by atoms with Crippen LogP contribution < -0.4 is 4.90 Å². The fraction of sp³-hybridized carbons (Fsp3) is 0.389. The number of carbonyl (C=O) groups excluding carboxylic acids is 1. The summed E-state index contributed by atoms with van der Waals surface area (Å²) in [4.78, 5) is 16.8. The number of Topliss-reactive ketones (excluding diaryl/α,β-unsaturated/α-hetero) is 1. The Balaban J connectivity index is 1.95. The van der Waals surface area contributed by atoms with Crippen LogP contribution in [-0.2, 0) is 4.79 Å². The maximum Gasteiger partial charge on any atom is 0.162 e. The summed E-state index contributed by atoms with van der Waals surface area (Å²) in [6.07, 6.45) is 4.72. The number of likely N-dealkylation sites (N-methyl/N-ethyl adjacent to an activating group) is 1. The van der Waals surface area contributed by atoms with Crippen molar-refractivity contribution >= 4 is 17.5 Å². The lowest BCUT2D eigenvalue weighted by molar-refractivity contribution is -0.115. The molecule has 3 rings (SSSR count). The van der Waals surface area contributed by atoms with Gasteiger partial charge in [-0.1, -0.05) is 18.2 Å². The molecule has 0 radical (unpaired) electrons. The standard InChI is InChI=1S/C18H22N2O/c1-19(2)11-10-17(21)15-9-8-14-12-13-6-4-5-7-16(13)20(3)18(14)15/h4-7,12H,8-11H2,1-3H3. The van der Waals surface area contributed by atoms with E-state index in [1.165, 1.54) is 16.8 Å². The third kappa shape index (κ3) is 2.54. The summed E-state index contributed by atoms with van der Waals surface area (Å²) in [6.45, 7) is 0.814. The van der Waals surface area contributed by atoms with Crippen LogP contribution in [0, 0.1) is 0 Å². The molecule has 3 nitrogen and oxygen atoms in total. The molecule has 0 bridgehead atoms. The zero-order valence-corrected chi connectivity index (χ0v) is 13.0. The number of allylic oxidation sites excluding steroid dienone is 2. The first-order valence-corrected chi connectivity index (χ1v) is 7.52. The first-order valence-electron chi connectivity index (χ1n) is 7.52. The van der Waals surface area contributed by atoms with Crippen LogP contribution in [0.1, 0.15) is 24.8 Å². The van der Waals surface area contributed by atoms with Crippen LogP contribution in [0.3, 0.4) is 0 Å². The van der Waals surface area contributed by atoms with Crippen molar-refractivity contribution in [2.75, 3.05) is 32.6 Å².